The Hall–Kier alpha value is -1.27. The molecule has 112 valence electrons. The lowest BCUT2D eigenvalue weighted by molar-refractivity contribution is -0.274. The summed E-state index contributed by atoms with van der Waals surface area (Å²) in [4.78, 5) is 0. The van der Waals surface area contributed by atoms with Crippen molar-refractivity contribution in [3.63, 3.8) is 0 Å². The lowest BCUT2D eigenvalue weighted by atomic mass is 9.80. The smallest absolute Gasteiger partial charge is 0.405 e. The third kappa shape index (κ3) is 3.86. The zero-order chi connectivity index (χ0) is 14.6. The average molecular weight is 289 g/mol. The Morgan fingerprint density at radius 3 is 2.50 bits per heavy atom. The van der Waals surface area contributed by atoms with Crippen molar-refractivity contribution < 1.29 is 22.6 Å². The van der Waals surface area contributed by atoms with Gasteiger partial charge in [-0.3, -0.25) is 0 Å². The van der Waals surface area contributed by atoms with Gasteiger partial charge in [-0.1, -0.05) is 18.2 Å². The second-order valence-electron chi connectivity index (χ2n) is 5.00. The van der Waals surface area contributed by atoms with Crippen LogP contribution in [0, 0.1) is 0 Å². The number of rotatable bonds is 6. The maximum atomic E-state index is 12.3. The summed E-state index contributed by atoms with van der Waals surface area (Å²) in [5, 5.41) is 3.15. The summed E-state index contributed by atoms with van der Waals surface area (Å²) in [5.74, 6) is -0.160. The van der Waals surface area contributed by atoms with Crippen molar-refractivity contribution >= 4 is 0 Å². The Morgan fingerprint density at radius 1 is 1.25 bits per heavy atom. The Kier molecular flexibility index (Phi) is 4.55. The van der Waals surface area contributed by atoms with Crippen molar-refractivity contribution in [2.75, 3.05) is 13.7 Å². The second kappa shape index (κ2) is 6.01. The highest BCUT2D eigenvalue weighted by atomic mass is 19.4. The predicted molar refractivity (Wildman–Crippen MR) is 68.4 cm³/mol. The molecule has 2 rings (SSSR count). The van der Waals surface area contributed by atoms with Gasteiger partial charge in [0.1, 0.15) is 5.75 Å². The minimum absolute atomic E-state index is 0.153. The minimum atomic E-state index is -4.67. The molecule has 20 heavy (non-hydrogen) atoms. The quantitative estimate of drug-likeness (QED) is 0.872. The molecule has 0 atom stereocenters. The molecule has 0 saturated heterocycles. The topological polar surface area (TPSA) is 30.5 Å². The number of nitrogens with one attached hydrogen (secondary N) is 1. The molecule has 0 spiro atoms. The largest absolute Gasteiger partial charge is 0.573 e. The molecular formula is C14H18F3NO2. The highest BCUT2D eigenvalue weighted by molar-refractivity contribution is 5.33. The van der Waals surface area contributed by atoms with E-state index in [1.807, 2.05) is 0 Å². The number of ether oxygens (including phenoxy) is 2. The van der Waals surface area contributed by atoms with Gasteiger partial charge in [0.05, 0.1) is 5.60 Å². The summed E-state index contributed by atoms with van der Waals surface area (Å²) in [7, 11) is 1.67. The Labute approximate surface area is 116 Å². The first kappa shape index (κ1) is 15.1. The van der Waals surface area contributed by atoms with E-state index in [4.69, 9.17) is 4.74 Å². The molecule has 0 amide bonds. The van der Waals surface area contributed by atoms with Gasteiger partial charge >= 0.3 is 6.36 Å². The Bertz CT molecular complexity index is 439. The number of hydrogen-bond donors (Lipinski definition) is 1. The van der Waals surface area contributed by atoms with Crippen molar-refractivity contribution in [1.29, 1.82) is 0 Å². The lowest BCUT2D eigenvalue weighted by Gasteiger charge is -2.40. The molecule has 1 aromatic carbocycles. The first-order valence-corrected chi connectivity index (χ1v) is 6.54. The molecule has 0 radical (unpaired) electrons. The van der Waals surface area contributed by atoms with E-state index in [1.54, 1.807) is 19.2 Å². The fourth-order valence-electron chi connectivity index (χ4n) is 2.32. The Balaban J connectivity index is 1.92. The van der Waals surface area contributed by atoms with Crippen LogP contribution in [0.5, 0.6) is 5.75 Å². The predicted octanol–water partition coefficient (Wildman–Crippen LogP) is 3.24. The van der Waals surface area contributed by atoms with Crippen LogP contribution in [-0.2, 0) is 11.3 Å². The zero-order valence-corrected chi connectivity index (χ0v) is 11.3. The molecule has 0 aliphatic heterocycles. The third-order valence-corrected chi connectivity index (χ3v) is 3.66. The van der Waals surface area contributed by atoms with Crippen molar-refractivity contribution in [3.05, 3.63) is 29.8 Å². The van der Waals surface area contributed by atoms with E-state index in [1.165, 1.54) is 12.1 Å². The first-order chi connectivity index (χ1) is 9.44. The van der Waals surface area contributed by atoms with E-state index in [2.05, 4.69) is 10.1 Å². The van der Waals surface area contributed by atoms with Gasteiger partial charge in [0, 0.05) is 25.8 Å². The molecule has 1 saturated carbocycles. The summed E-state index contributed by atoms with van der Waals surface area (Å²) in [6, 6.07) is 6.15. The van der Waals surface area contributed by atoms with Crippen molar-refractivity contribution in [2.45, 2.75) is 37.8 Å². The molecule has 0 aromatic heterocycles. The monoisotopic (exact) mass is 289 g/mol. The van der Waals surface area contributed by atoms with Gasteiger partial charge in [0.15, 0.2) is 0 Å². The summed E-state index contributed by atoms with van der Waals surface area (Å²) in [6.07, 6.45) is -1.57. The standard InChI is InChI=1S/C14H18F3NO2/c1-19-13(7-4-8-13)10-18-9-11-5-2-3-6-12(11)20-14(15,16)17/h2-3,5-6,18H,4,7-10H2,1H3. The van der Waals surface area contributed by atoms with Gasteiger partial charge < -0.3 is 14.8 Å². The van der Waals surface area contributed by atoms with Gasteiger partial charge in [-0.2, -0.15) is 0 Å². The lowest BCUT2D eigenvalue weighted by Crippen LogP contribution is -2.47. The summed E-state index contributed by atoms with van der Waals surface area (Å²) in [5.41, 5.74) is 0.329. The molecule has 1 fully saturated rings. The Morgan fingerprint density at radius 2 is 1.95 bits per heavy atom. The van der Waals surface area contributed by atoms with E-state index in [0.29, 0.717) is 18.7 Å². The van der Waals surface area contributed by atoms with Crippen molar-refractivity contribution in [2.24, 2.45) is 0 Å². The maximum Gasteiger partial charge on any atom is 0.573 e. The summed E-state index contributed by atoms with van der Waals surface area (Å²) >= 11 is 0. The highest BCUT2D eigenvalue weighted by Gasteiger charge is 2.36. The molecule has 1 N–H and O–H groups in total. The summed E-state index contributed by atoms with van der Waals surface area (Å²) < 4.78 is 46.3. The average Bonchev–Trinajstić information content (AvgIpc) is 2.33. The third-order valence-electron chi connectivity index (χ3n) is 3.66. The highest BCUT2D eigenvalue weighted by Crippen LogP contribution is 2.34. The van der Waals surface area contributed by atoms with Crippen LogP contribution in [0.1, 0.15) is 24.8 Å². The SMILES string of the molecule is COC1(CNCc2ccccc2OC(F)(F)F)CCC1. The molecule has 3 nitrogen and oxygen atoms in total. The van der Waals surface area contributed by atoms with Gasteiger partial charge in [-0.25, -0.2) is 0 Å². The van der Waals surface area contributed by atoms with Crippen LogP contribution < -0.4 is 10.1 Å². The van der Waals surface area contributed by atoms with E-state index in [-0.39, 0.29) is 11.4 Å². The van der Waals surface area contributed by atoms with Crippen LogP contribution in [0.15, 0.2) is 24.3 Å². The van der Waals surface area contributed by atoms with Crippen LogP contribution in [0.3, 0.4) is 0 Å². The van der Waals surface area contributed by atoms with Gasteiger partial charge in [-0.15, -0.1) is 13.2 Å². The maximum absolute atomic E-state index is 12.3. The van der Waals surface area contributed by atoms with Crippen LogP contribution >= 0.6 is 0 Å². The van der Waals surface area contributed by atoms with Crippen LogP contribution in [0.25, 0.3) is 0 Å². The number of benzene rings is 1. The van der Waals surface area contributed by atoms with E-state index in [0.717, 1.165) is 19.3 Å². The second-order valence-corrected chi connectivity index (χ2v) is 5.00. The fraction of sp³-hybridized carbons (Fsp3) is 0.571. The number of hydrogen-bond acceptors (Lipinski definition) is 3. The van der Waals surface area contributed by atoms with E-state index in [9.17, 15) is 13.2 Å². The number of halogens is 3. The fourth-order valence-corrected chi connectivity index (χ4v) is 2.32. The van der Waals surface area contributed by atoms with E-state index >= 15 is 0 Å². The number of alkyl halides is 3. The van der Waals surface area contributed by atoms with Crippen LogP contribution in [0.4, 0.5) is 13.2 Å². The molecule has 1 aliphatic carbocycles. The van der Waals surface area contributed by atoms with Crippen LogP contribution in [-0.4, -0.2) is 25.6 Å². The number of para-hydroxylation sites is 1. The minimum Gasteiger partial charge on any atom is -0.405 e. The van der Waals surface area contributed by atoms with E-state index < -0.39 is 6.36 Å². The molecule has 1 aromatic rings. The molecule has 1 aliphatic rings. The molecular weight excluding hydrogens is 271 g/mol. The molecule has 6 heteroatoms. The molecule has 0 bridgehead atoms. The molecule has 0 unspecified atom stereocenters. The van der Waals surface area contributed by atoms with Crippen molar-refractivity contribution in [3.8, 4) is 5.75 Å². The van der Waals surface area contributed by atoms with Gasteiger partial charge in [0.2, 0.25) is 0 Å². The normalized spacial score (nSPS) is 17.6. The summed E-state index contributed by atoms with van der Waals surface area (Å²) in [6.45, 7) is 0.946. The zero-order valence-electron chi connectivity index (χ0n) is 11.3. The van der Waals surface area contributed by atoms with Crippen LogP contribution in [0.2, 0.25) is 0 Å². The number of methoxy groups -OCH3 is 1. The van der Waals surface area contributed by atoms with Crippen molar-refractivity contribution in [1.82, 2.24) is 5.32 Å². The first-order valence-electron chi connectivity index (χ1n) is 6.54. The molecule has 0 heterocycles. The van der Waals surface area contributed by atoms with Gasteiger partial charge in [-0.05, 0) is 25.3 Å². The van der Waals surface area contributed by atoms with Gasteiger partial charge in [0.25, 0.3) is 0 Å².